The van der Waals surface area contributed by atoms with Gasteiger partial charge >= 0.3 is 0 Å². The van der Waals surface area contributed by atoms with Crippen molar-refractivity contribution in [2.45, 2.75) is 6.42 Å². The highest BCUT2D eigenvalue weighted by Crippen LogP contribution is 2.32. The Morgan fingerprint density at radius 2 is 1.89 bits per heavy atom. The number of carbonyl (C=O) groups is 2. The van der Waals surface area contributed by atoms with Crippen LogP contribution in [0.2, 0.25) is 0 Å². The number of nitrogens with zero attached hydrogens (tertiary/aromatic N) is 2. The van der Waals surface area contributed by atoms with E-state index in [-0.39, 0.29) is 11.8 Å². The molecule has 0 atom stereocenters. The molecule has 1 aromatic heterocycles. The quantitative estimate of drug-likeness (QED) is 0.685. The summed E-state index contributed by atoms with van der Waals surface area (Å²) in [5.74, 6) is -0.281. The van der Waals surface area contributed by atoms with Crippen LogP contribution in [0.25, 0.3) is 0 Å². The summed E-state index contributed by atoms with van der Waals surface area (Å²) < 4.78 is 0.845. The molecule has 1 N–H and O–H groups in total. The number of halogens is 1. The minimum absolute atomic E-state index is 0.0858. The number of hydrogen-bond acceptors (Lipinski definition) is 3. The number of amides is 2. The number of aromatic nitrogens is 1. The van der Waals surface area contributed by atoms with Crippen molar-refractivity contribution in [2.24, 2.45) is 0 Å². The molecule has 2 aromatic carbocycles. The van der Waals surface area contributed by atoms with Crippen molar-refractivity contribution in [3.05, 3.63) is 88.2 Å². The van der Waals surface area contributed by atoms with Crippen LogP contribution in [0.1, 0.15) is 26.3 Å². The fourth-order valence-electron chi connectivity index (χ4n) is 3.15. The normalized spacial score (nSPS) is 12.6. The van der Waals surface area contributed by atoms with Crippen LogP contribution in [0.5, 0.6) is 0 Å². The SMILES string of the molecule is O=C(Nc1ccc2c(c1)N(C(=O)c1cccnc1)CC2)c1cccc(Br)c1. The zero-order valence-electron chi connectivity index (χ0n) is 14.4. The van der Waals surface area contributed by atoms with Gasteiger partial charge in [-0.2, -0.15) is 0 Å². The zero-order chi connectivity index (χ0) is 18.8. The summed E-state index contributed by atoms with van der Waals surface area (Å²) in [5.41, 5.74) is 3.69. The topological polar surface area (TPSA) is 62.3 Å². The third-order valence-corrected chi connectivity index (χ3v) is 4.97. The maximum absolute atomic E-state index is 12.8. The van der Waals surface area contributed by atoms with Gasteiger partial charge in [0.05, 0.1) is 5.56 Å². The lowest BCUT2D eigenvalue weighted by Crippen LogP contribution is -2.29. The van der Waals surface area contributed by atoms with E-state index in [0.717, 1.165) is 22.1 Å². The Bertz CT molecular complexity index is 1020. The molecule has 3 aromatic rings. The number of benzene rings is 2. The van der Waals surface area contributed by atoms with Crippen LogP contribution in [0.15, 0.2) is 71.5 Å². The van der Waals surface area contributed by atoms with Crippen LogP contribution in [-0.2, 0) is 6.42 Å². The highest BCUT2D eigenvalue weighted by Gasteiger charge is 2.26. The molecule has 0 unspecified atom stereocenters. The van der Waals surface area contributed by atoms with Gasteiger partial charge in [0.25, 0.3) is 11.8 Å². The molecule has 0 fully saturated rings. The van der Waals surface area contributed by atoms with E-state index in [1.807, 2.05) is 30.3 Å². The summed E-state index contributed by atoms with van der Waals surface area (Å²) >= 11 is 3.37. The molecule has 5 nitrogen and oxygen atoms in total. The lowest BCUT2D eigenvalue weighted by Gasteiger charge is -2.18. The second-order valence-electron chi connectivity index (χ2n) is 6.26. The Hall–Kier alpha value is -2.99. The minimum Gasteiger partial charge on any atom is -0.322 e. The monoisotopic (exact) mass is 421 g/mol. The summed E-state index contributed by atoms with van der Waals surface area (Å²) in [6.07, 6.45) is 4.00. The number of anilines is 2. The first-order valence-corrected chi connectivity index (χ1v) is 9.33. The van der Waals surface area contributed by atoms with Crippen molar-refractivity contribution in [3.8, 4) is 0 Å². The van der Waals surface area contributed by atoms with E-state index in [4.69, 9.17) is 0 Å². The van der Waals surface area contributed by atoms with Crippen LogP contribution in [0, 0.1) is 0 Å². The van der Waals surface area contributed by atoms with Gasteiger partial charge in [0, 0.05) is 40.3 Å². The van der Waals surface area contributed by atoms with E-state index in [2.05, 4.69) is 26.2 Å². The predicted octanol–water partition coefficient (Wildman–Crippen LogP) is 4.30. The van der Waals surface area contributed by atoms with E-state index in [0.29, 0.717) is 23.4 Å². The van der Waals surface area contributed by atoms with Crippen molar-refractivity contribution in [1.82, 2.24) is 4.98 Å². The first-order valence-electron chi connectivity index (χ1n) is 8.53. The third-order valence-electron chi connectivity index (χ3n) is 4.48. The summed E-state index contributed by atoms with van der Waals surface area (Å²) in [6.45, 7) is 0.617. The summed E-state index contributed by atoms with van der Waals surface area (Å²) in [4.78, 5) is 31.0. The van der Waals surface area contributed by atoms with E-state index >= 15 is 0 Å². The Morgan fingerprint density at radius 3 is 2.67 bits per heavy atom. The summed E-state index contributed by atoms with van der Waals surface area (Å²) in [6, 6.07) is 16.4. The average molecular weight is 422 g/mol. The van der Waals surface area contributed by atoms with Gasteiger partial charge in [-0.25, -0.2) is 0 Å². The third kappa shape index (κ3) is 3.61. The van der Waals surface area contributed by atoms with Gasteiger partial charge in [-0.05, 0) is 54.4 Å². The second-order valence-corrected chi connectivity index (χ2v) is 7.17. The largest absolute Gasteiger partial charge is 0.322 e. The minimum atomic E-state index is -0.195. The lowest BCUT2D eigenvalue weighted by atomic mass is 10.1. The van der Waals surface area contributed by atoms with Gasteiger partial charge < -0.3 is 10.2 Å². The number of fused-ring (bicyclic) bond motifs is 1. The van der Waals surface area contributed by atoms with Crippen molar-refractivity contribution >= 4 is 39.1 Å². The Labute approximate surface area is 165 Å². The highest BCUT2D eigenvalue weighted by molar-refractivity contribution is 9.10. The molecule has 27 heavy (non-hydrogen) atoms. The number of carbonyl (C=O) groups excluding carboxylic acids is 2. The van der Waals surface area contributed by atoms with Crippen molar-refractivity contribution in [2.75, 3.05) is 16.8 Å². The molecule has 134 valence electrons. The van der Waals surface area contributed by atoms with E-state index in [1.54, 1.807) is 41.6 Å². The smallest absolute Gasteiger partial charge is 0.259 e. The molecule has 0 aliphatic carbocycles. The van der Waals surface area contributed by atoms with Gasteiger partial charge in [-0.15, -0.1) is 0 Å². The van der Waals surface area contributed by atoms with Gasteiger partial charge in [0.1, 0.15) is 0 Å². The van der Waals surface area contributed by atoms with Crippen LogP contribution in [0.3, 0.4) is 0 Å². The van der Waals surface area contributed by atoms with Gasteiger partial charge in [-0.1, -0.05) is 28.1 Å². The van der Waals surface area contributed by atoms with Crippen LogP contribution < -0.4 is 10.2 Å². The predicted molar refractivity (Wildman–Crippen MR) is 108 cm³/mol. The number of nitrogens with one attached hydrogen (secondary N) is 1. The van der Waals surface area contributed by atoms with Gasteiger partial charge in [0.2, 0.25) is 0 Å². The Morgan fingerprint density at radius 1 is 1.04 bits per heavy atom. The Kier molecular flexibility index (Phi) is 4.73. The summed E-state index contributed by atoms with van der Waals surface area (Å²) in [5, 5.41) is 2.90. The summed E-state index contributed by atoms with van der Waals surface area (Å²) in [7, 11) is 0. The molecule has 0 saturated heterocycles. The fourth-order valence-corrected chi connectivity index (χ4v) is 3.55. The molecule has 2 heterocycles. The molecule has 0 saturated carbocycles. The van der Waals surface area contributed by atoms with Crippen LogP contribution in [-0.4, -0.2) is 23.3 Å². The maximum atomic E-state index is 12.8. The molecule has 1 aliphatic heterocycles. The molecule has 2 amide bonds. The molecule has 1 aliphatic rings. The molecule has 0 bridgehead atoms. The zero-order valence-corrected chi connectivity index (χ0v) is 15.9. The first kappa shape index (κ1) is 17.4. The Balaban J connectivity index is 1.58. The second kappa shape index (κ2) is 7.32. The molecule has 6 heteroatoms. The standard InChI is InChI=1S/C21H16BrN3O2/c22-17-5-1-3-15(11-17)20(26)24-18-7-6-14-8-10-25(19(14)12-18)21(27)16-4-2-9-23-13-16/h1-7,9,11-13H,8,10H2,(H,24,26). The van der Waals surface area contributed by atoms with E-state index < -0.39 is 0 Å². The fraction of sp³-hybridized carbons (Fsp3) is 0.0952. The van der Waals surface area contributed by atoms with Crippen molar-refractivity contribution < 1.29 is 9.59 Å². The first-order chi connectivity index (χ1) is 13.1. The maximum Gasteiger partial charge on any atom is 0.259 e. The van der Waals surface area contributed by atoms with Gasteiger partial charge in [0.15, 0.2) is 0 Å². The number of rotatable bonds is 3. The highest BCUT2D eigenvalue weighted by atomic mass is 79.9. The molecule has 0 spiro atoms. The van der Waals surface area contributed by atoms with Crippen molar-refractivity contribution in [3.63, 3.8) is 0 Å². The molecule has 4 rings (SSSR count). The molecular formula is C21H16BrN3O2. The number of hydrogen-bond donors (Lipinski definition) is 1. The van der Waals surface area contributed by atoms with Gasteiger partial charge in [-0.3, -0.25) is 14.6 Å². The average Bonchev–Trinajstić information content (AvgIpc) is 3.11. The number of pyridine rings is 1. The molecular weight excluding hydrogens is 406 g/mol. The van der Waals surface area contributed by atoms with E-state index in [9.17, 15) is 9.59 Å². The van der Waals surface area contributed by atoms with Crippen LogP contribution >= 0.6 is 15.9 Å². The lowest BCUT2D eigenvalue weighted by molar-refractivity contribution is 0.0987. The van der Waals surface area contributed by atoms with Crippen LogP contribution in [0.4, 0.5) is 11.4 Å². The molecule has 0 radical (unpaired) electrons. The van der Waals surface area contributed by atoms with Crippen molar-refractivity contribution in [1.29, 1.82) is 0 Å². The van der Waals surface area contributed by atoms with E-state index in [1.165, 1.54) is 0 Å².